The van der Waals surface area contributed by atoms with Crippen LogP contribution in [0.2, 0.25) is 0 Å². The number of rotatable bonds is 6. The van der Waals surface area contributed by atoms with Crippen molar-refractivity contribution in [1.82, 2.24) is 25.1 Å². The summed E-state index contributed by atoms with van der Waals surface area (Å²) in [5.74, 6) is 1.45. The van der Waals surface area contributed by atoms with Crippen molar-refractivity contribution >= 4 is 39.1 Å². The number of anilines is 3. The van der Waals surface area contributed by atoms with E-state index in [4.69, 9.17) is 9.97 Å². The van der Waals surface area contributed by atoms with Crippen LogP contribution in [-0.2, 0) is 6.61 Å². The van der Waals surface area contributed by atoms with Crippen LogP contribution < -0.4 is 10.2 Å². The molecule has 5 rings (SSSR count). The molecule has 4 heterocycles. The largest absolute Gasteiger partial charge is 0.389 e. The first-order chi connectivity index (χ1) is 14.7. The van der Waals surface area contributed by atoms with Gasteiger partial charge < -0.3 is 15.3 Å². The summed E-state index contributed by atoms with van der Waals surface area (Å²) in [6, 6.07) is 9.80. The molecule has 3 atom stereocenters. The first kappa shape index (κ1) is 19.6. The minimum Gasteiger partial charge on any atom is -0.389 e. The van der Waals surface area contributed by atoms with Crippen LogP contribution in [0.15, 0.2) is 24.3 Å². The minimum absolute atomic E-state index is 0.115. The molecule has 9 heteroatoms. The van der Waals surface area contributed by atoms with E-state index in [2.05, 4.69) is 39.3 Å². The van der Waals surface area contributed by atoms with Gasteiger partial charge in [0.25, 0.3) is 0 Å². The maximum atomic E-state index is 9.28. The average molecular weight is 426 g/mol. The molecule has 2 fully saturated rings. The lowest BCUT2D eigenvalue weighted by Crippen LogP contribution is -2.61. The molecule has 2 aromatic heterocycles. The number of aromatic nitrogens is 4. The summed E-state index contributed by atoms with van der Waals surface area (Å²) < 4.78 is 0. The smallest absolute Gasteiger partial charge is 0.227 e. The molecular weight excluding hydrogens is 398 g/mol. The van der Waals surface area contributed by atoms with E-state index in [1.54, 1.807) is 0 Å². The monoisotopic (exact) mass is 425 g/mol. The number of aliphatic hydroxyl groups is 1. The van der Waals surface area contributed by atoms with Gasteiger partial charge >= 0.3 is 0 Å². The highest BCUT2D eigenvalue weighted by molar-refractivity contribution is 7.15. The molecule has 0 amide bonds. The Kier molecular flexibility index (Phi) is 5.26. The molecule has 0 bridgehead atoms. The summed E-state index contributed by atoms with van der Waals surface area (Å²) in [6.45, 7) is 3.42. The highest BCUT2D eigenvalue weighted by atomic mass is 32.1. The quantitative estimate of drug-likeness (QED) is 0.622. The molecule has 0 unspecified atom stereocenters. The summed E-state index contributed by atoms with van der Waals surface area (Å²) in [4.78, 5) is 14.7. The molecule has 2 saturated heterocycles. The standard InChI is InChI=1S/C21H27N7OS/c1-3-13-10-15(11-14-8-9-28(13)14)27(2)20-22-17-7-5-4-6-16(17)19(23-20)24-21-26-25-18(12-29)30-21/h4-7,13-15,29H,3,8-12H2,1-2H3,(H,22,23,24,26)/t13-,14+,15-/m0/s1. The fourth-order valence-corrected chi connectivity index (χ4v) is 5.32. The van der Waals surface area contributed by atoms with Gasteiger partial charge in [-0.25, -0.2) is 4.98 Å². The van der Waals surface area contributed by atoms with Gasteiger partial charge in [0.1, 0.15) is 10.8 Å². The fraction of sp³-hybridized carbons (Fsp3) is 0.524. The van der Waals surface area contributed by atoms with Gasteiger partial charge in [0.15, 0.2) is 0 Å². The zero-order valence-corrected chi connectivity index (χ0v) is 18.1. The molecule has 0 aliphatic carbocycles. The molecule has 158 valence electrons. The molecule has 2 N–H and O–H groups in total. The zero-order valence-electron chi connectivity index (χ0n) is 17.3. The summed E-state index contributed by atoms with van der Waals surface area (Å²) in [5.41, 5.74) is 0.900. The second kappa shape index (κ2) is 8.05. The fourth-order valence-electron chi connectivity index (χ4n) is 4.72. The first-order valence-corrected chi connectivity index (χ1v) is 11.4. The Hall–Kier alpha value is -2.36. The van der Waals surface area contributed by atoms with Crippen LogP contribution in [0.1, 0.15) is 37.6 Å². The third-order valence-electron chi connectivity index (χ3n) is 6.50. The summed E-state index contributed by atoms with van der Waals surface area (Å²) in [6.07, 6.45) is 4.81. The number of benzene rings is 1. The van der Waals surface area contributed by atoms with Crippen LogP contribution in [0.25, 0.3) is 10.9 Å². The molecule has 1 aromatic carbocycles. The summed E-state index contributed by atoms with van der Waals surface area (Å²) in [7, 11) is 2.12. The Labute approximate surface area is 180 Å². The highest BCUT2D eigenvalue weighted by Crippen LogP contribution is 2.37. The predicted octanol–water partition coefficient (Wildman–Crippen LogP) is 3.17. The molecule has 8 nitrogen and oxygen atoms in total. The Morgan fingerprint density at radius 1 is 1.23 bits per heavy atom. The first-order valence-electron chi connectivity index (χ1n) is 10.6. The van der Waals surface area contributed by atoms with Crippen molar-refractivity contribution < 1.29 is 5.11 Å². The summed E-state index contributed by atoms with van der Waals surface area (Å²) >= 11 is 1.33. The molecule has 2 aliphatic heterocycles. The van der Waals surface area contributed by atoms with Crippen molar-refractivity contribution in [3.05, 3.63) is 29.3 Å². The summed E-state index contributed by atoms with van der Waals surface area (Å²) in [5, 5.41) is 22.8. The van der Waals surface area contributed by atoms with Gasteiger partial charge in [-0.05, 0) is 37.8 Å². The van der Waals surface area contributed by atoms with Gasteiger partial charge in [-0.1, -0.05) is 30.4 Å². The Balaban J connectivity index is 1.46. The lowest BCUT2D eigenvalue weighted by molar-refractivity contribution is -0.00726. The molecule has 2 aliphatic rings. The molecule has 0 radical (unpaired) electrons. The van der Waals surface area contributed by atoms with Crippen molar-refractivity contribution in [2.75, 3.05) is 23.8 Å². The second-order valence-electron chi connectivity index (χ2n) is 8.15. The lowest BCUT2D eigenvalue weighted by Gasteiger charge is -2.53. The Bertz CT molecular complexity index is 1040. The zero-order chi connectivity index (χ0) is 20.7. The van der Waals surface area contributed by atoms with Gasteiger partial charge in [0, 0.05) is 37.1 Å². The Morgan fingerprint density at radius 2 is 2.10 bits per heavy atom. The third kappa shape index (κ3) is 3.51. The van der Waals surface area contributed by atoms with E-state index in [1.165, 1.54) is 37.1 Å². The molecule has 0 saturated carbocycles. The van der Waals surface area contributed by atoms with Gasteiger partial charge in [-0.15, -0.1) is 10.2 Å². The number of nitrogens with zero attached hydrogens (tertiary/aromatic N) is 6. The van der Waals surface area contributed by atoms with Crippen LogP contribution in [-0.4, -0.2) is 61.9 Å². The number of fused-ring (bicyclic) bond motifs is 2. The van der Waals surface area contributed by atoms with Gasteiger partial charge in [0.2, 0.25) is 11.1 Å². The van der Waals surface area contributed by atoms with Crippen LogP contribution in [0.5, 0.6) is 0 Å². The van der Waals surface area contributed by atoms with Crippen molar-refractivity contribution in [3.63, 3.8) is 0 Å². The molecular formula is C21H27N7OS. The van der Waals surface area contributed by atoms with Crippen molar-refractivity contribution in [2.24, 2.45) is 0 Å². The predicted molar refractivity (Wildman–Crippen MR) is 119 cm³/mol. The van der Waals surface area contributed by atoms with Crippen molar-refractivity contribution in [2.45, 2.75) is 57.3 Å². The van der Waals surface area contributed by atoms with Crippen LogP contribution in [0.3, 0.4) is 0 Å². The van der Waals surface area contributed by atoms with Gasteiger partial charge in [-0.3, -0.25) is 4.90 Å². The van der Waals surface area contributed by atoms with E-state index in [0.29, 0.717) is 28.3 Å². The lowest BCUT2D eigenvalue weighted by atomic mass is 9.82. The number of aliphatic hydroxyl groups excluding tert-OH is 1. The normalized spacial score (nSPS) is 23.8. The van der Waals surface area contributed by atoms with E-state index in [0.717, 1.165) is 29.1 Å². The maximum Gasteiger partial charge on any atom is 0.227 e. The average Bonchev–Trinajstić information content (AvgIpc) is 3.21. The maximum absolute atomic E-state index is 9.28. The number of piperidine rings is 1. The Morgan fingerprint density at radius 3 is 2.83 bits per heavy atom. The van der Waals surface area contributed by atoms with Crippen LogP contribution in [0, 0.1) is 0 Å². The highest BCUT2D eigenvalue weighted by Gasteiger charge is 2.41. The van der Waals surface area contributed by atoms with E-state index < -0.39 is 0 Å². The number of hydrogen-bond donors (Lipinski definition) is 2. The topological polar surface area (TPSA) is 90.3 Å². The molecule has 30 heavy (non-hydrogen) atoms. The molecule has 0 spiro atoms. The van der Waals surface area contributed by atoms with Crippen LogP contribution >= 0.6 is 11.3 Å². The SMILES string of the molecule is CC[C@H]1C[C@H](N(C)c2nc(Nc3nnc(CO)s3)c3ccccc3n2)C[C@H]2CCN21. The van der Waals surface area contributed by atoms with Crippen LogP contribution in [0.4, 0.5) is 16.9 Å². The van der Waals surface area contributed by atoms with E-state index in [9.17, 15) is 5.11 Å². The second-order valence-corrected chi connectivity index (χ2v) is 9.21. The number of hydrogen-bond acceptors (Lipinski definition) is 9. The van der Waals surface area contributed by atoms with Gasteiger partial charge in [0.05, 0.1) is 12.1 Å². The van der Waals surface area contributed by atoms with E-state index in [1.807, 2.05) is 24.3 Å². The molecule has 3 aromatic rings. The minimum atomic E-state index is -0.115. The number of para-hydroxylation sites is 1. The third-order valence-corrected chi connectivity index (χ3v) is 7.32. The van der Waals surface area contributed by atoms with Crippen molar-refractivity contribution in [3.8, 4) is 0 Å². The van der Waals surface area contributed by atoms with E-state index in [-0.39, 0.29) is 6.61 Å². The van der Waals surface area contributed by atoms with Gasteiger partial charge in [-0.2, -0.15) is 4.98 Å². The van der Waals surface area contributed by atoms with Crippen molar-refractivity contribution in [1.29, 1.82) is 0 Å². The van der Waals surface area contributed by atoms with E-state index >= 15 is 0 Å². The number of nitrogens with one attached hydrogen (secondary N) is 1.